The van der Waals surface area contributed by atoms with Gasteiger partial charge in [-0.1, -0.05) is 125 Å². The van der Waals surface area contributed by atoms with Crippen molar-refractivity contribution in [2.75, 3.05) is 11.6 Å². The van der Waals surface area contributed by atoms with E-state index in [0.717, 1.165) is 11.3 Å². The molecule has 4 aromatic carbocycles. The number of benzene rings is 4. The zero-order valence-electron chi connectivity index (χ0n) is 21.9. The molecule has 0 unspecified atom stereocenters. The Bertz CT molecular complexity index is 1540. The van der Waals surface area contributed by atoms with E-state index in [1.165, 1.54) is 39.6 Å². The average Bonchev–Trinajstić information content (AvgIpc) is 3.47. The standard InChI is InChI=1S/C32H27ClN2O2S2/c1-4-37-30(36)29-34-35(26-9-7-8-25(33)20-26)32(38-29)28-11-6-5-10-27(28)31(39-32,23-16-12-21(2)13-17-23)24-18-14-22(3)15-19-24/h5-20H,4H2,1-3H3/t32-/m1/s1. The molecule has 0 aromatic heterocycles. The van der Waals surface area contributed by atoms with Crippen molar-refractivity contribution < 1.29 is 9.53 Å². The number of hydrogen-bond donors (Lipinski definition) is 0. The predicted octanol–water partition coefficient (Wildman–Crippen LogP) is 8.24. The van der Waals surface area contributed by atoms with Gasteiger partial charge in [0.25, 0.3) is 0 Å². The number of aryl methyl sites for hydroxylation is 2. The first-order chi connectivity index (χ1) is 18.9. The van der Waals surface area contributed by atoms with Crippen LogP contribution in [0.3, 0.4) is 0 Å². The fourth-order valence-corrected chi connectivity index (χ4v) is 8.99. The molecule has 0 radical (unpaired) electrons. The normalized spacial score (nSPS) is 19.2. The Kier molecular flexibility index (Phi) is 6.74. The molecule has 39 heavy (non-hydrogen) atoms. The maximum absolute atomic E-state index is 13.1. The number of thioether (sulfide) groups is 2. The number of carbonyl (C=O) groups is 1. The molecule has 0 bridgehead atoms. The van der Waals surface area contributed by atoms with Crippen LogP contribution in [-0.2, 0) is 18.5 Å². The van der Waals surface area contributed by atoms with E-state index in [-0.39, 0.29) is 6.61 Å². The van der Waals surface area contributed by atoms with E-state index in [1.54, 1.807) is 11.8 Å². The first-order valence-corrected chi connectivity index (χ1v) is 14.8. The summed E-state index contributed by atoms with van der Waals surface area (Å²) in [4.78, 5) is 13.1. The molecule has 0 N–H and O–H groups in total. The molecule has 0 amide bonds. The lowest BCUT2D eigenvalue weighted by molar-refractivity contribution is -0.134. The molecule has 0 saturated heterocycles. The van der Waals surface area contributed by atoms with Crippen LogP contribution in [0, 0.1) is 13.8 Å². The van der Waals surface area contributed by atoms with E-state index in [9.17, 15) is 4.79 Å². The maximum Gasteiger partial charge on any atom is 0.365 e. The second kappa shape index (κ2) is 10.1. The van der Waals surface area contributed by atoms with Crippen molar-refractivity contribution in [3.63, 3.8) is 0 Å². The number of nitrogens with zero attached hydrogens (tertiary/aromatic N) is 2. The van der Waals surface area contributed by atoms with Gasteiger partial charge in [-0.05, 0) is 55.7 Å². The van der Waals surface area contributed by atoms with Gasteiger partial charge in [0.2, 0.25) is 5.04 Å². The maximum atomic E-state index is 13.1. The van der Waals surface area contributed by atoms with Crippen molar-refractivity contribution in [1.29, 1.82) is 0 Å². The second-order valence-corrected chi connectivity index (χ2v) is 12.9. The number of halogens is 1. The summed E-state index contributed by atoms with van der Waals surface area (Å²) in [5.74, 6) is -0.423. The highest BCUT2D eigenvalue weighted by Gasteiger charge is 2.62. The Morgan fingerprint density at radius 2 is 1.49 bits per heavy atom. The van der Waals surface area contributed by atoms with Gasteiger partial charge in [-0.2, -0.15) is 5.10 Å². The lowest BCUT2D eigenvalue weighted by Crippen LogP contribution is -2.34. The minimum atomic E-state index is -0.779. The molecular formula is C32H27ClN2O2S2. The molecule has 1 atom stereocenters. The average molecular weight is 571 g/mol. The number of esters is 1. The largest absolute Gasteiger partial charge is 0.461 e. The third-order valence-corrected chi connectivity index (χ3v) is 10.6. The lowest BCUT2D eigenvalue weighted by atomic mass is 9.81. The molecular weight excluding hydrogens is 544 g/mol. The van der Waals surface area contributed by atoms with Gasteiger partial charge >= 0.3 is 5.97 Å². The Morgan fingerprint density at radius 3 is 2.08 bits per heavy atom. The number of hydrazone groups is 1. The van der Waals surface area contributed by atoms with Crippen LogP contribution >= 0.6 is 35.1 Å². The monoisotopic (exact) mass is 570 g/mol. The summed E-state index contributed by atoms with van der Waals surface area (Å²) in [7, 11) is 0. The number of carbonyl (C=O) groups excluding carboxylic acids is 1. The van der Waals surface area contributed by atoms with Crippen LogP contribution in [0.1, 0.15) is 40.3 Å². The summed E-state index contributed by atoms with van der Waals surface area (Å²) < 4.78 is 4.09. The van der Waals surface area contributed by atoms with Crippen molar-refractivity contribution >= 4 is 51.8 Å². The molecule has 6 rings (SSSR count). The summed E-state index contributed by atoms with van der Waals surface area (Å²) in [5, 5.41) is 7.77. The lowest BCUT2D eigenvalue weighted by Gasteiger charge is -2.37. The van der Waals surface area contributed by atoms with Crippen LogP contribution in [0.25, 0.3) is 0 Å². The summed E-state index contributed by atoms with van der Waals surface area (Å²) in [6, 6.07) is 33.6. The van der Waals surface area contributed by atoms with Gasteiger partial charge in [0.05, 0.1) is 17.0 Å². The van der Waals surface area contributed by atoms with Crippen LogP contribution in [0.2, 0.25) is 5.02 Å². The van der Waals surface area contributed by atoms with Crippen LogP contribution in [0.15, 0.2) is 102 Å². The van der Waals surface area contributed by atoms with Crippen molar-refractivity contribution in [3.8, 4) is 0 Å². The highest BCUT2D eigenvalue weighted by molar-refractivity contribution is 8.27. The van der Waals surface area contributed by atoms with Crippen molar-refractivity contribution in [2.24, 2.45) is 5.10 Å². The van der Waals surface area contributed by atoms with Gasteiger partial charge < -0.3 is 4.74 Å². The second-order valence-electron chi connectivity index (χ2n) is 9.66. The molecule has 2 aliphatic heterocycles. The Labute approximate surface area is 242 Å². The fraction of sp³-hybridized carbons (Fsp3) is 0.188. The topological polar surface area (TPSA) is 41.9 Å². The number of rotatable bonds is 5. The van der Waals surface area contributed by atoms with Gasteiger partial charge in [0, 0.05) is 10.6 Å². The highest BCUT2D eigenvalue weighted by atomic mass is 35.5. The first kappa shape index (κ1) is 26.1. The van der Waals surface area contributed by atoms with Gasteiger partial charge in [-0.25, -0.2) is 9.80 Å². The van der Waals surface area contributed by atoms with Crippen molar-refractivity contribution in [2.45, 2.75) is 29.7 Å². The van der Waals surface area contributed by atoms with E-state index in [4.69, 9.17) is 21.4 Å². The van der Waals surface area contributed by atoms with Crippen molar-refractivity contribution in [1.82, 2.24) is 0 Å². The third-order valence-electron chi connectivity index (χ3n) is 7.06. The minimum absolute atomic E-state index is 0.281. The molecule has 196 valence electrons. The number of ether oxygens (including phenoxy) is 1. The van der Waals surface area contributed by atoms with E-state index in [1.807, 2.05) is 36.2 Å². The van der Waals surface area contributed by atoms with Crippen molar-refractivity contribution in [3.05, 3.63) is 135 Å². The molecule has 7 heteroatoms. The number of fused-ring (bicyclic) bond motifs is 2. The van der Waals surface area contributed by atoms with E-state index in [0.29, 0.717) is 10.1 Å². The summed E-state index contributed by atoms with van der Waals surface area (Å²) in [6.07, 6.45) is 0. The SMILES string of the molecule is CCOC(=O)C1=NN(c2cccc(Cl)c2)[C@]2(S1)SC(c1ccc(C)cc1)(c1ccc(C)cc1)c1ccccc12. The molecule has 4 aromatic rings. The van der Waals surface area contributed by atoms with Gasteiger partial charge in [0.15, 0.2) is 4.20 Å². The predicted molar refractivity (Wildman–Crippen MR) is 164 cm³/mol. The van der Waals surface area contributed by atoms with Crippen LogP contribution in [0.5, 0.6) is 0 Å². The molecule has 0 aliphatic carbocycles. The number of anilines is 1. The Morgan fingerprint density at radius 1 is 0.872 bits per heavy atom. The van der Waals surface area contributed by atoms with E-state index < -0.39 is 14.9 Å². The molecule has 4 nitrogen and oxygen atoms in total. The summed E-state index contributed by atoms with van der Waals surface area (Å²) in [6.45, 7) is 6.30. The first-order valence-electron chi connectivity index (χ1n) is 12.8. The Hall–Kier alpha value is -3.19. The zero-order valence-corrected chi connectivity index (χ0v) is 24.2. The van der Waals surface area contributed by atoms with Crippen LogP contribution in [-0.4, -0.2) is 17.6 Å². The Balaban J connectivity index is 1.63. The van der Waals surface area contributed by atoms with Gasteiger partial charge in [0.1, 0.15) is 0 Å². The third kappa shape index (κ3) is 4.26. The molecule has 2 aliphatic rings. The van der Waals surface area contributed by atoms with Gasteiger partial charge in [-0.15, -0.1) is 0 Å². The molecule has 0 fully saturated rings. The summed E-state index contributed by atoms with van der Waals surface area (Å²) in [5.41, 5.74) is 7.80. The van der Waals surface area contributed by atoms with E-state index >= 15 is 0 Å². The quantitative estimate of drug-likeness (QED) is 0.226. The van der Waals surface area contributed by atoms with Crippen LogP contribution in [0.4, 0.5) is 5.69 Å². The highest BCUT2D eigenvalue weighted by Crippen LogP contribution is 2.71. The summed E-state index contributed by atoms with van der Waals surface area (Å²) >= 11 is 9.69. The van der Waals surface area contributed by atoms with Gasteiger partial charge in [-0.3, -0.25) is 0 Å². The molecule has 2 heterocycles. The minimum Gasteiger partial charge on any atom is -0.461 e. The zero-order chi connectivity index (χ0) is 27.2. The fourth-order valence-electron chi connectivity index (χ4n) is 5.25. The molecule has 0 saturated carbocycles. The molecule has 1 spiro atoms. The number of hydrogen-bond acceptors (Lipinski definition) is 6. The smallest absolute Gasteiger partial charge is 0.365 e. The van der Waals surface area contributed by atoms with Crippen LogP contribution < -0.4 is 5.01 Å². The van der Waals surface area contributed by atoms with E-state index in [2.05, 4.69) is 86.6 Å².